The Morgan fingerprint density at radius 2 is 1.91 bits per heavy atom. The molecule has 0 aliphatic rings. The van der Waals surface area contributed by atoms with Crippen LogP contribution in [0.15, 0.2) is 30.9 Å². The van der Waals surface area contributed by atoms with Gasteiger partial charge in [0.15, 0.2) is 0 Å². The second kappa shape index (κ2) is 7.53. The van der Waals surface area contributed by atoms with Gasteiger partial charge in [0.1, 0.15) is 5.60 Å². The maximum Gasteiger partial charge on any atom is 0.338 e. The van der Waals surface area contributed by atoms with Crippen LogP contribution in [0, 0.1) is 0 Å². The molecule has 1 rings (SSSR count). The number of hydrogen-bond acceptors (Lipinski definition) is 4. The van der Waals surface area contributed by atoms with E-state index < -0.39 is 5.60 Å². The summed E-state index contributed by atoms with van der Waals surface area (Å²) >= 11 is 0. The van der Waals surface area contributed by atoms with Gasteiger partial charge in [0, 0.05) is 5.54 Å². The molecular weight excluding hydrogens is 288 g/mol. The van der Waals surface area contributed by atoms with Gasteiger partial charge in [-0.1, -0.05) is 19.9 Å². The van der Waals surface area contributed by atoms with Crippen molar-refractivity contribution in [1.29, 1.82) is 0 Å². The van der Waals surface area contributed by atoms with Crippen molar-refractivity contribution >= 4 is 17.3 Å². The van der Waals surface area contributed by atoms with E-state index in [1.54, 1.807) is 12.1 Å². The van der Waals surface area contributed by atoms with Crippen LogP contribution < -0.4 is 11.1 Å². The molecule has 4 nitrogen and oxygen atoms in total. The van der Waals surface area contributed by atoms with E-state index in [1.807, 2.05) is 32.9 Å². The number of nitrogen functional groups attached to an aromatic ring is 1. The summed E-state index contributed by atoms with van der Waals surface area (Å²) in [7, 11) is 0. The summed E-state index contributed by atoms with van der Waals surface area (Å²) in [5.74, 6) is -0.362. The molecule has 0 aromatic heterocycles. The lowest BCUT2D eigenvalue weighted by molar-refractivity contribution is 0.00696. The summed E-state index contributed by atoms with van der Waals surface area (Å²) in [6, 6.07) is 5.26. The van der Waals surface area contributed by atoms with E-state index >= 15 is 0 Å². The summed E-state index contributed by atoms with van der Waals surface area (Å²) in [4.78, 5) is 12.1. The Kier molecular flexibility index (Phi) is 6.25. The Morgan fingerprint density at radius 3 is 2.35 bits per heavy atom. The zero-order chi connectivity index (χ0) is 17.7. The summed E-state index contributed by atoms with van der Waals surface area (Å²) in [5, 5.41) is 3.53. The lowest BCUT2D eigenvalue weighted by Crippen LogP contribution is -2.36. The quantitative estimate of drug-likeness (QED) is 0.432. The number of hydrogen-bond donors (Lipinski definition) is 2. The van der Waals surface area contributed by atoms with Gasteiger partial charge in [0.05, 0.1) is 16.9 Å². The Morgan fingerprint density at radius 1 is 1.30 bits per heavy atom. The highest BCUT2D eigenvalue weighted by molar-refractivity contribution is 5.92. The molecule has 0 bridgehead atoms. The molecule has 0 atom stereocenters. The molecule has 0 saturated carbocycles. The number of carbonyl (C=O) groups excluding carboxylic acids is 1. The van der Waals surface area contributed by atoms with Gasteiger partial charge in [-0.3, -0.25) is 0 Å². The molecular formula is C19H30N2O2. The summed E-state index contributed by atoms with van der Waals surface area (Å²) in [6.07, 6.45) is 4.70. The third kappa shape index (κ3) is 5.31. The number of anilines is 2. The first-order chi connectivity index (χ1) is 10.7. The van der Waals surface area contributed by atoms with Gasteiger partial charge < -0.3 is 15.8 Å². The van der Waals surface area contributed by atoms with E-state index in [1.165, 1.54) is 0 Å². The fraction of sp³-hybridized carbons (Fsp3) is 0.526. The fourth-order valence-electron chi connectivity index (χ4n) is 2.47. The van der Waals surface area contributed by atoms with Crippen molar-refractivity contribution in [2.45, 2.75) is 65.0 Å². The van der Waals surface area contributed by atoms with Crippen LogP contribution in [0.25, 0.3) is 0 Å². The van der Waals surface area contributed by atoms with Gasteiger partial charge in [0.2, 0.25) is 0 Å². The van der Waals surface area contributed by atoms with Crippen LogP contribution in [0.5, 0.6) is 0 Å². The van der Waals surface area contributed by atoms with Gasteiger partial charge in [-0.05, 0) is 58.2 Å². The number of benzene rings is 1. The predicted octanol–water partition coefficient (Wildman–Crippen LogP) is 4.77. The number of ether oxygens (including phenoxy) is 1. The summed E-state index contributed by atoms with van der Waals surface area (Å²) in [5.41, 5.74) is 7.40. The lowest BCUT2D eigenvalue weighted by Gasteiger charge is -2.33. The van der Waals surface area contributed by atoms with Crippen LogP contribution in [-0.2, 0) is 4.74 Å². The van der Waals surface area contributed by atoms with Crippen molar-refractivity contribution in [3.05, 3.63) is 36.4 Å². The minimum Gasteiger partial charge on any atom is -0.456 e. The third-order valence-electron chi connectivity index (χ3n) is 3.97. The first kappa shape index (κ1) is 19.1. The summed E-state index contributed by atoms with van der Waals surface area (Å²) < 4.78 is 5.37. The molecule has 1 aromatic carbocycles. The molecule has 23 heavy (non-hydrogen) atoms. The van der Waals surface area contributed by atoms with Crippen LogP contribution in [0.3, 0.4) is 0 Å². The van der Waals surface area contributed by atoms with Crippen molar-refractivity contribution in [2.24, 2.45) is 0 Å². The SMILES string of the molecule is C=CCC(CC)(CC)Nc1ccc(C(=O)OC(C)(C)C)cc1N. The molecule has 0 aliphatic heterocycles. The molecule has 0 aliphatic carbocycles. The van der Waals surface area contributed by atoms with Crippen molar-refractivity contribution in [1.82, 2.24) is 0 Å². The Labute approximate surface area is 140 Å². The number of carbonyl (C=O) groups is 1. The Balaban J connectivity index is 3.00. The van der Waals surface area contributed by atoms with Crippen LogP contribution in [0.1, 0.15) is 64.2 Å². The topological polar surface area (TPSA) is 64.3 Å². The maximum absolute atomic E-state index is 12.1. The minimum atomic E-state index is -0.522. The number of rotatable bonds is 7. The van der Waals surface area contributed by atoms with Gasteiger partial charge in [0.25, 0.3) is 0 Å². The first-order valence-corrected chi connectivity index (χ1v) is 8.18. The van der Waals surface area contributed by atoms with Crippen LogP contribution in [-0.4, -0.2) is 17.1 Å². The predicted molar refractivity (Wildman–Crippen MR) is 97.8 cm³/mol. The molecule has 3 N–H and O–H groups in total. The molecule has 0 spiro atoms. The highest BCUT2D eigenvalue weighted by Gasteiger charge is 2.25. The van der Waals surface area contributed by atoms with Crippen molar-refractivity contribution < 1.29 is 9.53 Å². The average molecular weight is 318 g/mol. The van der Waals surface area contributed by atoms with E-state index in [-0.39, 0.29) is 11.5 Å². The smallest absolute Gasteiger partial charge is 0.338 e. The standard InChI is InChI=1S/C19H30N2O2/c1-7-12-19(8-2,9-3)21-16-11-10-14(13-15(16)20)17(22)23-18(4,5)6/h7,10-11,13,21H,1,8-9,12,20H2,2-6H3. The normalized spacial score (nSPS) is 11.9. The van der Waals surface area contributed by atoms with Gasteiger partial charge >= 0.3 is 5.97 Å². The molecule has 4 heteroatoms. The van der Waals surface area contributed by atoms with Crippen molar-refractivity contribution in [2.75, 3.05) is 11.1 Å². The van der Waals surface area contributed by atoms with Gasteiger partial charge in [-0.25, -0.2) is 4.79 Å². The number of nitrogens with one attached hydrogen (secondary N) is 1. The minimum absolute atomic E-state index is 0.0662. The van der Waals surface area contributed by atoms with E-state index in [0.717, 1.165) is 24.9 Å². The highest BCUT2D eigenvalue weighted by Crippen LogP contribution is 2.30. The fourth-order valence-corrected chi connectivity index (χ4v) is 2.47. The second-order valence-corrected chi connectivity index (χ2v) is 6.91. The summed E-state index contributed by atoms with van der Waals surface area (Å²) in [6.45, 7) is 13.7. The van der Waals surface area contributed by atoms with Crippen molar-refractivity contribution in [3.63, 3.8) is 0 Å². The largest absolute Gasteiger partial charge is 0.456 e. The zero-order valence-corrected chi connectivity index (χ0v) is 15.0. The molecule has 1 aromatic rings. The van der Waals surface area contributed by atoms with Crippen LogP contribution >= 0.6 is 0 Å². The Bertz CT molecular complexity index is 555. The van der Waals surface area contributed by atoms with E-state index in [9.17, 15) is 4.79 Å². The molecule has 0 unspecified atom stereocenters. The second-order valence-electron chi connectivity index (χ2n) is 6.91. The average Bonchev–Trinajstić information content (AvgIpc) is 2.46. The molecule has 0 radical (unpaired) electrons. The number of nitrogens with two attached hydrogens (primary N) is 1. The van der Waals surface area contributed by atoms with Crippen molar-refractivity contribution in [3.8, 4) is 0 Å². The molecule has 0 saturated heterocycles. The molecule has 0 amide bonds. The maximum atomic E-state index is 12.1. The highest BCUT2D eigenvalue weighted by atomic mass is 16.6. The lowest BCUT2D eigenvalue weighted by atomic mass is 9.88. The molecule has 0 fully saturated rings. The van der Waals surface area contributed by atoms with Gasteiger partial charge in [-0.2, -0.15) is 0 Å². The third-order valence-corrected chi connectivity index (χ3v) is 3.97. The van der Waals surface area contributed by atoms with Crippen LogP contribution in [0.2, 0.25) is 0 Å². The van der Waals surface area contributed by atoms with E-state index in [2.05, 4.69) is 25.7 Å². The number of esters is 1. The van der Waals surface area contributed by atoms with Gasteiger partial charge in [-0.15, -0.1) is 6.58 Å². The first-order valence-electron chi connectivity index (χ1n) is 8.18. The van der Waals surface area contributed by atoms with E-state index in [0.29, 0.717) is 11.3 Å². The monoisotopic (exact) mass is 318 g/mol. The van der Waals surface area contributed by atoms with Crippen LogP contribution in [0.4, 0.5) is 11.4 Å². The molecule has 128 valence electrons. The Hall–Kier alpha value is -1.97. The molecule has 0 heterocycles. The zero-order valence-electron chi connectivity index (χ0n) is 15.0. The van der Waals surface area contributed by atoms with E-state index in [4.69, 9.17) is 10.5 Å².